The molecule has 0 aromatic heterocycles. The van der Waals surface area contributed by atoms with E-state index in [1.807, 2.05) is 12.1 Å². The van der Waals surface area contributed by atoms with Crippen molar-refractivity contribution in [3.63, 3.8) is 0 Å². The molecule has 1 saturated heterocycles. The van der Waals surface area contributed by atoms with Crippen LogP contribution >= 0.6 is 11.6 Å². The Morgan fingerprint density at radius 2 is 2.40 bits per heavy atom. The Kier molecular flexibility index (Phi) is 3.49. The molecule has 1 N–H and O–H groups in total. The first-order valence-electron chi connectivity index (χ1n) is 5.45. The van der Waals surface area contributed by atoms with Crippen LogP contribution in [0.3, 0.4) is 0 Å². The molecule has 1 heterocycles. The van der Waals surface area contributed by atoms with Gasteiger partial charge in [0.05, 0.1) is 5.02 Å². The van der Waals surface area contributed by atoms with Crippen LogP contribution < -0.4 is 10.1 Å². The summed E-state index contributed by atoms with van der Waals surface area (Å²) < 4.78 is 5.81. The lowest BCUT2D eigenvalue weighted by molar-refractivity contribution is 0.223. The normalized spacial score (nSPS) is 20.5. The molecule has 1 fully saturated rings. The van der Waals surface area contributed by atoms with Gasteiger partial charge >= 0.3 is 0 Å². The van der Waals surface area contributed by atoms with Crippen molar-refractivity contribution in [2.75, 3.05) is 13.1 Å². The van der Waals surface area contributed by atoms with Crippen LogP contribution in [0, 0.1) is 0 Å². The molecule has 0 saturated carbocycles. The quantitative estimate of drug-likeness (QED) is 0.854. The first-order valence-corrected chi connectivity index (χ1v) is 5.83. The van der Waals surface area contributed by atoms with Crippen molar-refractivity contribution in [3.05, 3.63) is 28.8 Å². The average molecular weight is 226 g/mol. The minimum absolute atomic E-state index is 0.273. The summed E-state index contributed by atoms with van der Waals surface area (Å²) in [4.78, 5) is 0. The van der Waals surface area contributed by atoms with Gasteiger partial charge < -0.3 is 10.1 Å². The highest BCUT2D eigenvalue weighted by molar-refractivity contribution is 6.32. The van der Waals surface area contributed by atoms with Gasteiger partial charge in [0.15, 0.2) is 0 Å². The molecule has 2 nitrogen and oxygen atoms in total. The van der Waals surface area contributed by atoms with Crippen LogP contribution in [-0.4, -0.2) is 19.2 Å². The van der Waals surface area contributed by atoms with E-state index >= 15 is 0 Å². The van der Waals surface area contributed by atoms with E-state index in [1.54, 1.807) is 0 Å². The van der Waals surface area contributed by atoms with Crippen LogP contribution in [0.1, 0.15) is 18.9 Å². The summed E-state index contributed by atoms with van der Waals surface area (Å²) in [5.74, 6) is 0.808. The third-order valence-electron chi connectivity index (χ3n) is 2.71. The summed E-state index contributed by atoms with van der Waals surface area (Å²) >= 11 is 6.14. The highest BCUT2D eigenvalue weighted by atomic mass is 35.5. The van der Waals surface area contributed by atoms with Crippen LogP contribution in [-0.2, 0) is 6.42 Å². The summed E-state index contributed by atoms with van der Waals surface area (Å²) in [6.45, 7) is 4.08. The molecule has 1 aliphatic rings. The monoisotopic (exact) mass is 225 g/mol. The van der Waals surface area contributed by atoms with Gasteiger partial charge in [-0.15, -0.1) is 0 Å². The van der Waals surface area contributed by atoms with Crippen molar-refractivity contribution in [2.45, 2.75) is 25.9 Å². The highest BCUT2D eigenvalue weighted by Gasteiger charge is 2.16. The number of hydrogen-bond acceptors (Lipinski definition) is 2. The van der Waals surface area contributed by atoms with E-state index in [0.717, 1.165) is 36.7 Å². The Morgan fingerprint density at radius 3 is 3.00 bits per heavy atom. The van der Waals surface area contributed by atoms with Gasteiger partial charge in [-0.1, -0.05) is 24.6 Å². The first-order chi connectivity index (χ1) is 7.29. The second-order valence-electron chi connectivity index (χ2n) is 3.85. The Labute approximate surface area is 95.6 Å². The topological polar surface area (TPSA) is 21.3 Å². The molecule has 1 atom stereocenters. The second kappa shape index (κ2) is 4.86. The van der Waals surface area contributed by atoms with Gasteiger partial charge in [-0.2, -0.15) is 0 Å². The number of hydrogen-bond donors (Lipinski definition) is 1. The lowest BCUT2D eigenvalue weighted by Gasteiger charge is -2.14. The highest BCUT2D eigenvalue weighted by Crippen LogP contribution is 2.27. The maximum Gasteiger partial charge on any atom is 0.138 e. The molecule has 0 spiro atoms. The van der Waals surface area contributed by atoms with E-state index in [4.69, 9.17) is 16.3 Å². The fourth-order valence-corrected chi connectivity index (χ4v) is 2.02. The molecule has 0 aliphatic carbocycles. The molecule has 1 aromatic rings. The molecule has 1 aliphatic heterocycles. The number of ether oxygens (including phenoxy) is 1. The zero-order valence-electron chi connectivity index (χ0n) is 8.92. The molecule has 2 rings (SSSR count). The van der Waals surface area contributed by atoms with Gasteiger partial charge in [0, 0.05) is 6.54 Å². The van der Waals surface area contributed by atoms with E-state index in [1.165, 1.54) is 5.56 Å². The molecule has 82 valence electrons. The lowest BCUT2D eigenvalue weighted by atomic mass is 10.2. The van der Waals surface area contributed by atoms with Gasteiger partial charge in [0.25, 0.3) is 0 Å². The Balaban J connectivity index is 2.07. The van der Waals surface area contributed by atoms with Crippen molar-refractivity contribution < 1.29 is 4.74 Å². The summed E-state index contributed by atoms with van der Waals surface area (Å²) in [5.41, 5.74) is 1.25. The van der Waals surface area contributed by atoms with E-state index in [9.17, 15) is 0 Å². The fraction of sp³-hybridized carbons (Fsp3) is 0.500. The van der Waals surface area contributed by atoms with Crippen LogP contribution in [0.25, 0.3) is 0 Å². The zero-order chi connectivity index (χ0) is 10.7. The standard InChI is InChI=1S/C12H16ClNO/c1-2-9-3-4-12(11(13)7-9)15-10-5-6-14-8-10/h3-4,7,10,14H,2,5-6,8H2,1H3/t10-/m1/s1. The maximum atomic E-state index is 6.14. The first kappa shape index (κ1) is 10.8. The zero-order valence-corrected chi connectivity index (χ0v) is 9.68. The van der Waals surface area contributed by atoms with Gasteiger partial charge in [-0.25, -0.2) is 0 Å². The Bertz CT molecular complexity index is 334. The van der Waals surface area contributed by atoms with Crippen molar-refractivity contribution in [1.29, 1.82) is 0 Å². The number of halogens is 1. The van der Waals surface area contributed by atoms with Crippen molar-refractivity contribution in [1.82, 2.24) is 5.32 Å². The van der Waals surface area contributed by atoms with Crippen molar-refractivity contribution in [2.24, 2.45) is 0 Å². The number of rotatable bonds is 3. The summed E-state index contributed by atoms with van der Waals surface area (Å²) in [5, 5.41) is 3.99. The van der Waals surface area contributed by atoms with Gasteiger partial charge in [-0.05, 0) is 37.1 Å². The number of aryl methyl sites for hydroxylation is 1. The molecule has 0 unspecified atom stereocenters. The minimum atomic E-state index is 0.273. The summed E-state index contributed by atoms with van der Waals surface area (Å²) in [6.07, 6.45) is 2.34. The smallest absolute Gasteiger partial charge is 0.138 e. The Morgan fingerprint density at radius 1 is 1.53 bits per heavy atom. The van der Waals surface area contributed by atoms with Gasteiger partial charge in [0.2, 0.25) is 0 Å². The molecular formula is C12H16ClNO. The molecule has 15 heavy (non-hydrogen) atoms. The molecule has 1 aromatic carbocycles. The van der Waals surface area contributed by atoms with Crippen LogP contribution in [0.2, 0.25) is 5.02 Å². The maximum absolute atomic E-state index is 6.14. The number of benzene rings is 1. The predicted molar refractivity (Wildman–Crippen MR) is 62.7 cm³/mol. The Hall–Kier alpha value is -0.730. The SMILES string of the molecule is CCc1ccc(O[C@@H]2CCNC2)c(Cl)c1. The van der Waals surface area contributed by atoms with E-state index < -0.39 is 0 Å². The van der Waals surface area contributed by atoms with Crippen LogP contribution in [0.15, 0.2) is 18.2 Å². The number of nitrogens with one attached hydrogen (secondary N) is 1. The molecule has 0 radical (unpaired) electrons. The summed E-state index contributed by atoms with van der Waals surface area (Å²) in [7, 11) is 0. The van der Waals surface area contributed by atoms with E-state index in [2.05, 4.69) is 18.3 Å². The van der Waals surface area contributed by atoms with Crippen LogP contribution in [0.4, 0.5) is 0 Å². The third-order valence-corrected chi connectivity index (χ3v) is 3.01. The van der Waals surface area contributed by atoms with Crippen molar-refractivity contribution >= 4 is 11.6 Å². The molecular weight excluding hydrogens is 210 g/mol. The molecule has 3 heteroatoms. The third kappa shape index (κ3) is 2.64. The minimum Gasteiger partial charge on any atom is -0.487 e. The van der Waals surface area contributed by atoms with Crippen LogP contribution in [0.5, 0.6) is 5.75 Å². The van der Waals surface area contributed by atoms with Crippen molar-refractivity contribution in [3.8, 4) is 5.75 Å². The van der Waals surface area contributed by atoms with Gasteiger partial charge in [0.1, 0.15) is 11.9 Å². The largest absolute Gasteiger partial charge is 0.487 e. The van der Waals surface area contributed by atoms with E-state index in [-0.39, 0.29) is 6.10 Å². The fourth-order valence-electron chi connectivity index (χ4n) is 1.77. The second-order valence-corrected chi connectivity index (χ2v) is 4.26. The lowest BCUT2D eigenvalue weighted by Crippen LogP contribution is -2.19. The molecule has 0 bridgehead atoms. The predicted octanol–water partition coefficient (Wildman–Crippen LogP) is 2.64. The van der Waals surface area contributed by atoms with Gasteiger partial charge in [-0.3, -0.25) is 0 Å². The molecule has 0 amide bonds. The average Bonchev–Trinajstić information content (AvgIpc) is 2.74. The summed E-state index contributed by atoms with van der Waals surface area (Å²) in [6, 6.07) is 6.03. The van der Waals surface area contributed by atoms with E-state index in [0.29, 0.717) is 0 Å².